The fourth-order valence-corrected chi connectivity index (χ4v) is 4.78. The summed E-state index contributed by atoms with van der Waals surface area (Å²) in [6, 6.07) is 0. The van der Waals surface area contributed by atoms with Gasteiger partial charge in [0.2, 0.25) is 0 Å². The molecule has 1 aliphatic heterocycles. The van der Waals surface area contributed by atoms with Gasteiger partial charge < -0.3 is 0 Å². The van der Waals surface area contributed by atoms with Gasteiger partial charge in [-0.2, -0.15) is 11.8 Å². The summed E-state index contributed by atoms with van der Waals surface area (Å²) >= 11 is 2.16. The predicted molar refractivity (Wildman–Crippen MR) is 75.0 cm³/mol. The van der Waals surface area contributed by atoms with Crippen LogP contribution < -0.4 is 0 Å². The van der Waals surface area contributed by atoms with Gasteiger partial charge in [0.15, 0.2) is 0 Å². The molecule has 0 unspecified atom stereocenters. The normalized spacial score (nSPS) is 29.2. The van der Waals surface area contributed by atoms with Crippen LogP contribution in [0.4, 0.5) is 0 Å². The van der Waals surface area contributed by atoms with Crippen molar-refractivity contribution in [1.29, 1.82) is 0 Å². The van der Waals surface area contributed by atoms with E-state index < -0.39 is 0 Å². The molecule has 0 radical (unpaired) electrons. The second-order valence-corrected chi connectivity index (χ2v) is 7.76. The zero-order chi connectivity index (χ0) is 11.8. The SMILES string of the molecule is CC1(C)CSCC(C)(C)C2=C1CCCCC2. The predicted octanol–water partition coefficient (Wildman–Crippen LogP) is 5.05. The largest absolute Gasteiger partial charge is 0.160 e. The van der Waals surface area contributed by atoms with Crippen LogP contribution >= 0.6 is 11.8 Å². The van der Waals surface area contributed by atoms with Crippen molar-refractivity contribution in [3.63, 3.8) is 0 Å². The third-order valence-corrected chi connectivity index (χ3v) is 6.13. The Bertz CT molecular complexity index is 269. The molecule has 0 N–H and O–H groups in total. The highest BCUT2D eigenvalue weighted by molar-refractivity contribution is 7.99. The minimum Gasteiger partial charge on any atom is -0.160 e. The molecule has 0 saturated carbocycles. The zero-order valence-electron chi connectivity index (χ0n) is 11.4. The zero-order valence-corrected chi connectivity index (χ0v) is 12.2. The molecular formula is C15H26S. The average molecular weight is 238 g/mol. The smallest absolute Gasteiger partial charge is 0.00217 e. The molecule has 0 aromatic carbocycles. The Morgan fingerprint density at radius 1 is 0.750 bits per heavy atom. The third-order valence-electron chi connectivity index (χ3n) is 4.28. The average Bonchev–Trinajstić information content (AvgIpc) is 2.44. The van der Waals surface area contributed by atoms with E-state index in [2.05, 4.69) is 39.5 Å². The van der Waals surface area contributed by atoms with Crippen LogP contribution in [0, 0.1) is 10.8 Å². The van der Waals surface area contributed by atoms with Crippen molar-refractivity contribution in [3.8, 4) is 0 Å². The van der Waals surface area contributed by atoms with E-state index >= 15 is 0 Å². The first-order chi connectivity index (χ1) is 7.43. The van der Waals surface area contributed by atoms with E-state index in [1.165, 1.54) is 43.6 Å². The fourth-order valence-electron chi connectivity index (χ4n) is 3.31. The molecule has 2 aliphatic rings. The van der Waals surface area contributed by atoms with Crippen LogP contribution in [0.1, 0.15) is 59.8 Å². The lowest BCUT2D eigenvalue weighted by Crippen LogP contribution is -2.21. The van der Waals surface area contributed by atoms with Crippen molar-refractivity contribution < 1.29 is 0 Å². The summed E-state index contributed by atoms with van der Waals surface area (Å²) in [7, 11) is 0. The van der Waals surface area contributed by atoms with Crippen LogP contribution in [0.2, 0.25) is 0 Å². The molecule has 0 aromatic heterocycles. The van der Waals surface area contributed by atoms with Gasteiger partial charge in [-0.15, -0.1) is 0 Å². The number of hydrogen-bond donors (Lipinski definition) is 0. The van der Waals surface area contributed by atoms with E-state index in [0.717, 1.165) is 0 Å². The van der Waals surface area contributed by atoms with Crippen molar-refractivity contribution in [2.45, 2.75) is 59.8 Å². The van der Waals surface area contributed by atoms with Crippen molar-refractivity contribution in [2.24, 2.45) is 10.8 Å². The third kappa shape index (κ3) is 2.34. The standard InChI is InChI=1S/C15H26S/c1-14(2)10-16-11-15(3,4)13-9-7-5-6-8-12(13)14/h5-11H2,1-4H3. The van der Waals surface area contributed by atoms with Crippen molar-refractivity contribution >= 4 is 11.8 Å². The van der Waals surface area contributed by atoms with Crippen LogP contribution in [0.5, 0.6) is 0 Å². The Morgan fingerprint density at radius 3 is 1.62 bits per heavy atom. The van der Waals surface area contributed by atoms with Gasteiger partial charge in [-0.1, -0.05) is 45.3 Å². The Labute approximate surface area is 105 Å². The molecule has 92 valence electrons. The lowest BCUT2D eigenvalue weighted by atomic mass is 9.73. The van der Waals surface area contributed by atoms with E-state index in [4.69, 9.17) is 0 Å². The van der Waals surface area contributed by atoms with Crippen LogP contribution in [-0.2, 0) is 0 Å². The summed E-state index contributed by atoms with van der Waals surface area (Å²) in [6.07, 6.45) is 7.01. The van der Waals surface area contributed by atoms with Crippen LogP contribution in [0.3, 0.4) is 0 Å². The fraction of sp³-hybridized carbons (Fsp3) is 0.867. The number of allylic oxidation sites excluding steroid dienone is 2. The highest BCUT2D eigenvalue weighted by atomic mass is 32.2. The highest BCUT2D eigenvalue weighted by Gasteiger charge is 2.36. The maximum Gasteiger partial charge on any atom is 0.00217 e. The molecule has 1 aliphatic carbocycles. The molecule has 0 spiro atoms. The van der Waals surface area contributed by atoms with Crippen LogP contribution in [0.25, 0.3) is 0 Å². The van der Waals surface area contributed by atoms with Gasteiger partial charge in [0.05, 0.1) is 0 Å². The van der Waals surface area contributed by atoms with Gasteiger partial charge in [0.1, 0.15) is 0 Å². The monoisotopic (exact) mass is 238 g/mol. The Morgan fingerprint density at radius 2 is 1.19 bits per heavy atom. The van der Waals surface area contributed by atoms with Crippen molar-refractivity contribution in [1.82, 2.24) is 0 Å². The Hall–Kier alpha value is 0.0900. The second kappa shape index (κ2) is 4.40. The maximum absolute atomic E-state index is 2.46. The van der Waals surface area contributed by atoms with Gasteiger partial charge in [-0.3, -0.25) is 0 Å². The summed E-state index contributed by atoms with van der Waals surface area (Å²) in [6.45, 7) is 9.84. The first-order valence-corrected chi connectivity index (χ1v) is 7.90. The lowest BCUT2D eigenvalue weighted by molar-refractivity contribution is 0.448. The minimum absolute atomic E-state index is 0.443. The first-order valence-electron chi connectivity index (χ1n) is 6.74. The quantitative estimate of drug-likeness (QED) is 0.532. The van der Waals surface area contributed by atoms with E-state index in [-0.39, 0.29) is 0 Å². The minimum atomic E-state index is 0.443. The summed E-state index contributed by atoms with van der Waals surface area (Å²) in [5.41, 5.74) is 4.52. The molecule has 0 nitrogen and oxygen atoms in total. The molecule has 0 amide bonds. The molecule has 0 fully saturated rings. The van der Waals surface area contributed by atoms with Gasteiger partial charge >= 0.3 is 0 Å². The van der Waals surface area contributed by atoms with E-state index in [0.29, 0.717) is 10.8 Å². The van der Waals surface area contributed by atoms with Crippen molar-refractivity contribution in [3.05, 3.63) is 11.1 Å². The maximum atomic E-state index is 2.46. The number of hydrogen-bond acceptors (Lipinski definition) is 1. The molecule has 2 rings (SSSR count). The Kier molecular flexibility index (Phi) is 3.45. The summed E-state index contributed by atoms with van der Waals surface area (Å²) in [5.74, 6) is 2.63. The van der Waals surface area contributed by atoms with Gasteiger partial charge in [0, 0.05) is 11.5 Å². The molecule has 0 saturated heterocycles. The summed E-state index contributed by atoms with van der Waals surface area (Å²) < 4.78 is 0. The van der Waals surface area contributed by atoms with E-state index in [1.807, 2.05) is 11.1 Å². The van der Waals surface area contributed by atoms with Gasteiger partial charge in [-0.25, -0.2) is 0 Å². The van der Waals surface area contributed by atoms with Gasteiger partial charge in [0.25, 0.3) is 0 Å². The molecular weight excluding hydrogens is 212 g/mol. The molecule has 0 atom stereocenters. The first kappa shape index (κ1) is 12.5. The summed E-state index contributed by atoms with van der Waals surface area (Å²) in [5, 5.41) is 0. The molecule has 1 heterocycles. The van der Waals surface area contributed by atoms with Gasteiger partial charge in [-0.05, 0) is 36.5 Å². The van der Waals surface area contributed by atoms with Crippen LogP contribution in [0.15, 0.2) is 11.1 Å². The summed E-state index contributed by atoms with van der Waals surface area (Å²) in [4.78, 5) is 0. The topological polar surface area (TPSA) is 0 Å². The number of thioether (sulfide) groups is 1. The molecule has 0 bridgehead atoms. The van der Waals surface area contributed by atoms with Crippen molar-refractivity contribution in [2.75, 3.05) is 11.5 Å². The van der Waals surface area contributed by atoms with Crippen LogP contribution in [-0.4, -0.2) is 11.5 Å². The lowest BCUT2D eigenvalue weighted by Gasteiger charge is -2.32. The highest BCUT2D eigenvalue weighted by Crippen LogP contribution is 2.49. The van der Waals surface area contributed by atoms with E-state index in [9.17, 15) is 0 Å². The molecule has 16 heavy (non-hydrogen) atoms. The number of rotatable bonds is 0. The second-order valence-electron chi connectivity index (χ2n) is 6.78. The molecule has 1 heteroatoms. The molecule has 0 aromatic rings. The Balaban J connectivity index is 2.44. The van der Waals surface area contributed by atoms with E-state index in [1.54, 1.807) is 0 Å².